The third-order valence-electron chi connectivity index (χ3n) is 3.17. The molecule has 4 heteroatoms. The fourth-order valence-corrected chi connectivity index (χ4v) is 2.06. The molecule has 1 aliphatic rings. The van der Waals surface area contributed by atoms with Gasteiger partial charge in [0.2, 0.25) is 0 Å². The molecule has 1 aromatic carbocycles. The zero-order valence-corrected chi connectivity index (χ0v) is 10.5. The number of ether oxygens (including phenoxy) is 2. The van der Waals surface area contributed by atoms with Gasteiger partial charge in [-0.2, -0.15) is 0 Å². The topological polar surface area (TPSA) is 47.7 Å². The van der Waals surface area contributed by atoms with Gasteiger partial charge in [-0.05, 0) is 32.0 Å². The second kappa shape index (κ2) is 5.27. The van der Waals surface area contributed by atoms with Gasteiger partial charge in [0.1, 0.15) is 17.6 Å². The van der Waals surface area contributed by atoms with E-state index in [1.54, 1.807) is 7.11 Å². The molecule has 1 fully saturated rings. The molecule has 94 valence electrons. The molecule has 0 aliphatic carbocycles. The zero-order chi connectivity index (χ0) is 12.3. The van der Waals surface area contributed by atoms with E-state index in [-0.39, 0.29) is 0 Å². The van der Waals surface area contributed by atoms with Gasteiger partial charge in [-0.1, -0.05) is 0 Å². The van der Waals surface area contributed by atoms with E-state index < -0.39 is 0 Å². The number of nitrogens with zero attached hydrogens (tertiary/aromatic N) is 1. The summed E-state index contributed by atoms with van der Waals surface area (Å²) in [4.78, 5) is 2.32. The van der Waals surface area contributed by atoms with Crippen molar-refractivity contribution in [2.75, 3.05) is 33.0 Å². The third kappa shape index (κ3) is 3.03. The number of nitrogens with two attached hydrogens (primary N) is 1. The van der Waals surface area contributed by atoms with Gasteiger partial charge in [0.05, 0.1) is 12.8 Å². The molecule has 0 spiro atoms. The Balaban J connectivity index is 1.99. The standard InChI is InChI=1S/C13H20N2O2/c1-15-7-5-10(6-8-15)17-11-3-4-12(14)13(9-11)16-2/h3-4,9-10H,5-8,14H2,1-2H3. The Morgan fingerprint density at radius 1 is 1.29 bits per heavy atom. The zero-order valence-electron chi connectivity index (χ0n) is 10.5. The predicted molar refractivity (Wildman–Crippen MR) is 68.6 cm³/mol. The molecular formula is C13H20N2O2. The molecule has 1 aromatic rings. The minimum absolute atomic E-state index is 0.305. The third-order valence-corrected chi connectivity index (χ3v) is 3.17. The number of methoxy groups -OCH3 is 1. The number of anilines is 1. The molecule has 0 radical (unpaired) electrons. The molecule has 1 heterocycles. The first-order valence-corrected chi connectivity index (χ1v) is 5.98. The predicted octanol–water partition coefficient (Wildman–Crippen LogP) is 1.75. The van der Waals surface area contributed by atoms with Crippen LogP contribution < -0.4 is 15.2 Å². The molecule has 0 amide bonds. The minimum atomic E-state index is 0.305. The monoisotopic (exact) mass is 236 g/mol. The fraction of sp³-hybridized carbons (Fsp3) is 0.538. The van der Waals surface area contributed by atoms with Crippen molar-refractivity contribution in [2.45, 2.75) is 18.9 Å². The molecule has 0 bridgehead atoms. The van der Waals surface area contributed by atoms with E-state index in [9.17, 15) is 0 Å². The van der Waals surface area contributed by atoms with E-state index in [1.165, 1.54) is 0 Å². The van der Waals surface area contributed by atoms with Crippen LogP contribution in [0.15, 0.2) is 18.2 Å². The van der Waals surface area contributed by atoms with E-state index in [4.69, 9.17) is 15.2 Å². The number of hydrogen-bond acceptors (Lipinski definition) is 4. The maximum absolute atomic E-state index is 5.94. The smallest absolute Gasteiger partial charge is 0.145 e. The Morgan fingerprint density at radius 2 is 2.00 bits per heavy atom. The highest BCUT2D eigenvalue weighted by atomic mass is 16.5. The average Bonchev–Trinajstić information content (AvgIpc) is 2.34. The number of piperidine rings is 1. The Hall–Kier alpha value is -1.42. The Kier molecular flexibility index (Phi) is 3.74. The summed E-state index contributed by atoms with van der Waals surface area (Å²) in [6.45, 7) is 2.19. The van der Waals surface area contributed by atoms with Gasteiger partial charge < -0.3 is 20.1 Å². The van der Waals surface area contributed by atoms with Gasteiger partial charge in [0.15, 0.2) is 0 Å². The van der Waals surface area contributed by atoms with Crippen LogP contribution in [0.4, 0.5) is 5.69 Å². The number of nitrogen functional groups attached to an aromatic ring is 1. The lowest BCUT2D eigenvalue weighted by atomic mass is 10.1. The van der Waals surface area contributed by atoms with Gasteiger partial charge in [0.25, 0.3) is 0 Å². The van der Waals surface area contributed by atoms with Crippen LogP contribution in [-0.2, 0) is 0 Å². The highest BCUT2D eigenvalue weighted by molar-refractivity contribution is 5.55. The van der Waals surface area contributed by atoms with E-state index in [2.05, 4.69) is 11.9 Å². The molecule has 1 aliphatic heterocycles. The Labute approximate surface area is 102 Å². The number of likely N-dealkylation sites (tertiary alicyclic amines) is 1. The molecule has 4 nitrogen and oxygen atoms in total. The molecule has 17 heavy (non-hydrogen) atoms. The highest BCUT2D eigenvalue weighted by Gasteiger charge is 2.18. The lowest BCUT2D eigenvalue weighted by Crippen LogP contribution is -2.35. The maximum Gasteiger partial charge on any atom is 0.145 e. The van der Waals surface area contributed by atoms with Gasteiger partial charge in [-0.3, -0.25) is 0 Å². The normalized spacial score (nSPS) is 18.0. The summed E-state index contributed by atoms with van der Waals surface area (Å²) in [7, 11) is 3.76. The van der Waals surface area contributed by atoms with Crippen LogP contribution in [0, 0.1) is 0 Å². The van der Waals surface area contributed by atoms with Crippen LogP contribution >= 0.6 is 0 Å². The van der Waals surface area contributed by atoms with Crippen LogP contribution in [0.5, 0.6) is 11.5 Å². The summed E-state index contributed by atoms with van der Waals surface area (Å²) in [5, 5.41) is 0. The lowest BCUT2D eigenvalue weighted by Gasteiger charge is -2.29. The van der Waals surface area contributed by atoms with E-state index in [0.717, 1.165) is 31.7 Å². The van der Waals surface area contributed by atoms with Crippen molar-refractivity contribution < 1.29 is 9.47 Å². The summed E-state index contributed by atoms with van der Waals surface area (Å²) in [6.07, 6.45) is 2.45. The maximum atomic E-state index is 5.94. The van der Waals surface area contributed by atoms with E-state index >= 15 is 0 Å². The summed E-state index contributed by atoms with van der Waals surface area (Å²) in [5.74, 6) is 1.51. The molecule has 0 atom stereocenters. The first kappa shape index (κ1) is 12.0. The van der Waals surface area contributed by atoms with Gasteiger partial charge in [-0.25, -0.2) is 0 Å². The van der Waals surface area contributed by atoms with Crippen LogP contribution in [0.2, 0.25) is 0 Å². The fourth-order valence-electron chi connectivity index (χ4n) is 2.06. The summed E-state index contributed by atoms with van der Waals surface area (Å²) in [5.41, 5.74) is 6.41. The summed E-state index contributed by atoms with van der Waals surface area (Å²) in [6, 6.07) is 5.58. The largest absolute Gasteiger partial charge is 0.494 e. The molecule has 0 saturated carbocycles. The van der Waals surface area contributed by atoms with Crippen LogP contribution in [0.1, 0.15) is 12.8 Å². The van der Waals surface area contributed by atoms with Crippen molar-refractivity contribution in [1.82, 2.24) is 4.90 Å². The SMILES string of the molecule is COc1cc(OC2CCN(C)CC2)ccc1N. The van der Waals surface area contributed by atoms with Gasteiger partial charge >= 0.3 is 0 Å². The number of hydrogen-bond donors (Lipinski definition) is 1. The summed E-state index contributed by atoms with van der Waals surface area (Å²) < 4.78 is 11.1. The van der Waals surface area contributed by atoms with Crippen molar-refractivity contribution >= 4 is 5.69 Å². The van der Waals surface area contributed by atoms with Crippen molar-refractivity contribution in [1.29, 1.82) is 0 Å². The quantitative estimate of drug-likeness (QED) is 0.812. The molecule has 2 N–H and O–H groups in total. The Morgan fingerprint density at radius 3 is 2.65 bits per heavy atom. The first-order valence-electron chi connectivity index (χ1n) is 5.98. The molecular weight excluding hydrogens is 216 g/mol. The molecule has 2 rings (SSSR count). The number of benzene rings is 1. The van der Waals surface area contributed by atoms with Crippen LogP contribution in [-0.4, -0.2) is 38.3 Å². The average molecular weight is 236 g/mol. The number of rotatable bonds is 3. The molecule has 0 unspecified atom stereocenters. The second-order valence-electron chi connectivity index (χ2n) is 4.52. The highest BCUT2D eigenvalue weighted by Crippen LogP contribution is 2.28. The first-order chi connectivity index (χ1) is 8.19. The van der Waals surface area contributed by atoms with Crippen molar-refractivity contribution in [3.63, 3.8) is 0 Å². The van der Waals surface area contributed by atoms with Crippen LogP contribution in [0.25, 0.3) is 0 Å². The molecule has 0 aromatic heterocycles. The van der Waals surface area contributed by atoms with Crippen molar-refractivity contribution in [3.8, 4) is 11.5 Å². The van der Waals surface area contributed by atoms with Crippen molar-refractivity contribution in [2.24, 2.45) is 0 Å². The van der Waals surface area contributed by atoms with Gasteiger partial charge in [-0.15, -0.1) is 0 Å². The summed E-state index contributed by atoms with van der Waals surface area (Å²) >= 11 is 0. The second-order valence-corrected chi connectivity index (χ2v) is 4.52. The van der Waals surface area contributed by atoms with E-state index in [1.807, 2.05) is 18.2 Å². The van der Waals surface area contributed by atoms with Crippen molar-refractivity contribution in [3.05, 3.63) is 18.2 Å². The molecule has 1 saturated heterocycles. The van der Waals surface area contributed by atoms with Gasteiger partial charge in [0, 0.05) is 19.2 Å². The van der Waals surface area contributed by atoms with Crippen LogP contribution in [0.3, 0.4) is 0 Å². The minimum Gasteiger partial charge on any atom is -0.494 e. The van der Waals surface area contributed by atoms with E-state index in [0.29, 0.717) is 17.5 Å². The lowest BCUT2D eigenvalue weighted by molar-refractivity contribution is 0.114. The Bertz CT molecular complexity index is 374.